The van der Waals surface area contributed by atoms with Crippen molar-refractivity contribution >= 4 is 33.4 Å². The summed E-state index contributed by atoms with van der Waals surface area (Å²) in [4.78, 5) is 23.8. The van der Waals surface area contributed by atoms with Gasteiger partial charge in [0.05, 0.1) is 6.42 Å². The van der Waals surface area contributed by atoms with Gasteiger partial charge in [-0.2, -0.15) is 0 Å². The first-order valence-corrected chi connectivity index (χ1v) is 10.1. The second-order valence-electron chi connectivity index (χ2n) is 6.98. The van der Waals surface area contributed by atoms with Crippen LogP contribution in [0.1, 0.15) is 44.2 Å². The van der Waals surface area contributed by atoms with Gasteiger partial charge in [-0.05, 0) is 68.5 Å². The Morgan fingerprint density at radius 3 is 2.15 bits per heavy atom. The lowest BCUT2D eigenvalue weighted by atomic mass is 10.1. The summed E-state index contributed by atoms with van der Waals surface area (Å²) in [5.41, 5.74) is 2.98. The summed E-state index contributed by atoms with van der Waals surface area (Å²) >= 11 is 3.43. The van der Waals surface area contributed by atoms with Crippen molar-refractivity contribution in [3.05, 3.63) is 64.1 Å². The number of unbranched alkanes of at least 4 members (excludes halogenated alkanes) is 1. The van der Waals surface area contributed by atoms with Crippen LogP contribution in [0.15, 0.2) is 53.0 Å². The zero-order chi connectivity index (χ0) is 19.6. The largest absolute Gasteiger partial charge is 0.354 e. The summed E-state index contributed by atoms with van der Waals surface area (Å²) in [6.45, 7) is 3.88. The first kappa shape index (κ1) is 21.2. The molecule has 5 heteroatoms. The summed E-state index contributed by atoms with van der Waals surface area (Å²) in [5, 5.41) is 5.79. The van der Waals surface area contributed by atoms with Gasteiger partial charge in [0, 0.05) is 22.6 Å². The fraction of sp³-hybridized carbons (Fsp3) is 0.364. The van der Waals surface area contributed by atoms with E-state index >= 15 is 0 Å². The highest BCUT2D eigenvalue weighted by molar-refractivity contribution is 9.10. The Labute approximate surface area is 169 Å². The summed E-state index contributed by atoms with van der Waals surface area (Å²) in [5.74, 6) is 0.0312. The van der Waals surface area contributed by atoms with Crippen molar-refractivity contribution in [2.45, 2.75) is 52.0 Å². The minimum Gasteiger partial charge on any atom is -0.354 e. The molecule has 27 heavy (non-hydrogen) atoms. The van der Waals surface area contributed by atoms with Crippen LogP contribution < -0.4 is 10.6 Å². The average Bonchev–Trinajstić information content (AvgIpc) is 2.61. The zero-order valence-corrected chi connectivity index (χ0v) is 17.5. The van der Waals surface area contributed by atoms with Crippen LogP contribution in [0.2, 0.25) is 0 Å². The molecule has 0 spiro atoms. The summed E-state index contributed by atoms with van der Waals surface area (Å²) in [6, 6.07) is 15.9. The average molecular weight is 431 g/mol. The van der Waals surface area contributed by atoms with Crippen LogP contribution in [0.5, 0.6) is 0 Å². The quantitative estimate of drug-likeness (QED) is 0.557. The van der Waals surface area contributed by atoms with E-state index in [4.69, 9.17) is 0 Å². The maximum Gasteiger partial charge on any atom is 0.224 e. The third-order valence-corrected chi connectivity index (χ3v) is 4.61. The Kier molecular flexibility index (Phi) is 8.52. The van der Waals surface area contributed by atoms with E-state index in [1.54, 1.807) is 0 Å². The molecule has 0 unspecified atom stereocenters. The molecule has 0 aliphatic carbocycles. The Hall–Kier alpha value is -2.14. The predicted octanol–water partition coefficient (Wildman–Crippen LogP) is 4.87. The number of carbonyl (C=O) groups is 2. The van der Waals surface area contributed by atoms with Gasteiger partial charge in [-0.3, -0.25) is 9.59 Å². The van der Waals surface area contributed by atoms with Gasteiger partial charge >= 0.3 is 0 Å². The molecule has 0 aromatic heterocycles. The second kappa shape index (κ2) is 10.9. The van der Waals surface area contributed by atoms with Gasteiger partial charge in [-0.25, -0.2) is 0 Å². The minimum atomic E-state index is 0.00700. The van der Waals surface area contributed by atoms with Crippen molar-refractivity contribution in [3.8, 4) is 0 Å². The van der Waals surface area contributed by atoms with Gasteiger partial charge < -0.3 is 10.6 Å². The Morgan fingerprint density at radius 1 is 0.889 bits per heavy atom. The molecule has 2 N–H and O–H groups in total. The lowest BCUT2D eigenvalue weighted by Crippen LogP contribution is -2.31. The van der Waals surface area contributed by atoms with Crippen LogP contribution in [0, 0.1) is 0 Å². The fourth-order valence-electron chi connectivity index (χ4n) is 2.75. The Balaban J connectivity index is 1.69. The van der Waals surface area contributed by atoms with Crippen molar-refractivity contribution in [1.82, 2.24) is 5.32 Å². The molecule has 4 nitrogen and oxygen atoms in total. The molecule has 144 valence electrons. The third-order valence-electron chi connectivity index (χ3n) is 4.08. The van der Waals surface area contributed by atoms with E-state index in [2.05, 4.69) is 38.7 Å². The highest BCUT2D eigenvalue weighted by Gasteiger charge is 2.06. The molecule has 0 heterocycles. The number of benzene rings is 2. The lowest BCUT2D eigenvalue weighted by Gasteiger charge is -2.09. The smallest absolute Gasteiger partial charge is 0.224 e. The summed E-state index contributed by atoms with van der Waals surface area (Å²) in [7, 11) is 0. The number of hydrogen-bond acceptors (Lipinski definition) is 2. The predicted molar refractivity (Wildman–Crippen MR) is 114 cm³/mol. The van der Waals surface area contributed by atoms with Crippen LogP contribution in [0.25, 0.3) is 0 Å². The molecular formula is C22H27BrN2O2. The van der Waals surface area contributed by atoms with Crippen molar-refractivity contribution < 1.29 is 9.59 Å². The number of nitrogens with one attached hydrogen (secondary N) is 2. The first-order chi connectivity index (χ1) is 12.9. The van der Waals surface area contributed by atoms with E-state index < -0.39 is 0 Å². The molecule has 2 amide bonds. The van der Waals surface area contributed by atoms with Crippen LogP contribution >= 0.6 is 15.9 Å². The van der Waals surface area contributed by atoms with E-state index in [1.165, 1.54) is 5.56 Å². The number of rotatable bonds is 9. The third kappa shape index (κ3) is 8.39. The maximum absolute atomic E-state index is 12.1. The molecule has 0 saturated carbocycles. The van der Waals surface area contributed by atoms with Crippen LogP contribution in [0.4, 0.5) is 5.69 Å². The topological polar surface area (TPSA) is 58.2 Å². The highest BCUT2D eigenvalue weighted by atomic mass is 79.9. The summed E-state index contributed by atoms with van der Waals surface area (Å²) < 4.78 is 1.08. The van der Waals surface area contributed by atoms with Gasteiger partial charge in [0.1, 0.15) is 0 Å². The molecule has 0 atom stereocenters. The van der Waals surface area contributed by atoms with Crippen LogP contribution in [-0.4, -0.2) is 17.9 Å². The fourth-order valence-corrected chi connectivity index (χ4v) is 3.02. The molecule has 2 aromatic rings. The van der Waals surface area contributed by atoms with Crippen molar-refractivity contribution in [2.24, 2.45) is 0 Å². The number of halogens is 1. The number of amides is 2. The highest BCUT2D eigenvalue weighted by Crippen LogP contribution is 2.14. The normalized spacial score (nSPS) is 10.7. The zero-order valence-electron chi connectivity index (χ0n) is 15.9. The molecular weight excluding hydrogens is 404 g/mol. The van der Waals surface area contributed by atoms with Gasteiger partial charge in [0.2, 0.25) is 11.8 Å². The molecule has 0 bridgehead atoms. The molecule has 0 fully saturated rings. The van der Waals surface area contributed by atoms with Crippen molar-refractivity contribution in [3.63, 3.8) is 0 Å². The van der Waals surface area contributed by atoms with E-state index in [0.29, 0.717) is 12.8 Å². The number of hydrogen-bond donors (Lipinski definition) is 2. The maximum atomic E-state index is 12.1. The molecule has 0 aliphatic rings. The lowest BCUT2D eigenvalue weighted by molar-refractivity contribution is -0.121. The monoisotopic (exact) mass is 430 g/mol. The second-order valence-corrected chi connectivity index (χ2v) is 7.89. The van der Waals surface area contributed by atoms with Gasteiger partial charge in [-0.1, -0.05) is 40.2 Å². The van der Waals surface area contributed by atoms with Gasteiger partial charge in [0.25, 0.3) is 0 Å². The molecule has 0 radical (unpaired) electrons. The summed E-state index contributed by atoms with van der Waals surface area (Å²) in [6.07, 6.45) is 3.68. The SMILES string of the molecule is CC(C)NC(=O)Cc1ccc(NC(=O)CCCCc2ccc(Br)cc2)cc1. The first-order valence-electron chi connectivity index (χ1n) is 9.35. The van der Waals surface area contributed by atoms with Crippen LogP contribution in [0.3, 0.4) is 0 Å². The number of carbonyl (C=O) groups excluding carboxylic acids is 2. The minimum absolute atomic E-state index is 0.00700. The van der Waals surface area contributed by atoms with E-state index in [1.807, 2.05) is 50.2 Å². The molecule has 2 aromatic carbocycles. The molecule has 2 rings (SSSR count). The molecule has 0 aliphatic heterocycles. The molecule has 0 saturated heterocycles. The Morgan fingerprint density at radius 2 is 1.52 bits per heavy atom. The van der Waals surface area contributed by atoms with E-state index in [0.717, 1.165) is 35.0 Å². The van der Waals surface area contributed by atoms with Crippen LogP contribution in [-0.2, 0) is 22.4 Å². The van der Waals surface area contributed by atoms with Crippen molar-refractivity contribution in [2.75, 3.05) is 5.32 Å². The number of aryl methyl sites for hydroxylation is 1. The number of anilines is 1. The van der Waals surface area contributed by atoms with Gasteiger partial charge in [-0.15, -0.1) is 0 Å². The Bertz CT molecular complexity index is 740. The van der Waals surface area contributed by atoms with E-state index in [9.17, 15) is 9.59 Å². The van der Waals surface area contributed by atoms with Gasteiger partial charge in [0.15, 0.2) is 0 Å². The van der Waals surface area contributed by atoms with Crippen molar-refractivity contribution in [1.29, 1.82) is 0 Å². The van der Waals surface area contributed by atoms with E-state index in [-0.39, 0.29) is 17.9 Å². The standard InChI is InChI=1S/C22H27BrN2O2/c1-16(2)24-22(27)15-18-9-13-20(14-10-18)25-21(26)6-4-3-5-17-7-11-19(23)12-8-17/h7-14,16H,3-6,15H2,1-2H3,(H,24,27)(H,25,26).